The summed E-state index contributed by atoms with van der Waals surface area (Å²) in [6.07, 6.45) is -0.288. The molecule has 0 fully saturated rings. The Bertz CT molecular complexity index is 549. The lowest BCUT2D eigenvalue weighted by molar-refractivity contribution is -0.134. The fourth-order valence-electron chi connectivity index (χ4n) is 1.75. The minimum atomic E-state index is -1.08. The van der Waals surface area contributed by atoms with Crippen LogP contribution in [0.25, 0.3) is 0 Å². The molecule has 0 saturated heterocycles. The number of aliphatic carboxylic acids is 1. The summed E-state index contributed by atoms with van der Waals surface area (Å²) in [5, 5.41) is 9.41. The van der Waals surface area contributed by atoms with E-state index in [2.05, 4.69) is 38.4 Å². The van der Waals surface area contributed by atoms with Crippen molar-refractivity contribution in [1.82, 2.24) is 0 Å². The van der Waals surface area contributed by atoms with Crippen LogP contribution in [0.3, 0.4) is 0 Å². The Morgan fingerprint density at radius 3 is 2.38 bits per heavy atom. The van der Waals surface area contributed by atoms with Crippen LogP contribution < -0.4 is 4.74 Å². The molecular formula is C15H16Br2O4. The van der Waals surface area contributed by atoms with Gasteiger partial charge in [-0.05, 0) is 35.7 Å². The van der Waals surface area contributed by atoms with Gasteiger partial charge in [0.05, 0.1) is 6.10 Å². The van der Waals surface area contributed by atoms with Crippen LogP contribution in [0.1, 0.15) is 13.3 Å². The summed E-state index contributed by atoms with van der Waals surface area (Å²) in [6, 6.07) is 7.13. The van der Waals surface area contributed by atoms with Crippen LogP contribution in [-0.4, -0.2) is 24.3 Å². The van der Waals surface area contributed by atoms with Crippen LogP contribution in [0.4, 0.5) is 0 Å². The van der Waals surface area contributed by atoms with Gasteiger partial charge in [0.25, 0.3) is 0 Å². The van der Waals surface area contributed by atoms with Gasteiger partial charge >= 0.3 is 5.97 Å². The maximum atomic E-state index is 11.5. The van der Waals surface area contributed by atoms with Gasteiger partial charge in [-0.15, -0.1) is 0 Å². The van der Waals surface area contributed by atoms with E-state index in [9.17, 15) is 9.90 Å². The van der Waals surface area contributed by atoms with E-state index >= 15 is 0 Å². The monoisotopic (exact) mass is 418 g/mol. The van der Waals surface area contributed by atoms with Crippen LogP contribution in [0.5, 0.6) is 5.75 Å². The number of carboxylic acid groups (broad SMARTS) is 1. The molecule has 0 aliphatic heterocycles. The number of hydrogen-bond donors (Lipinski definition) is 1. The molecule has 1 unspecified atom stereocenters. The molecule has 0 aliphatic carbocycles. The Labute approximate surface area is 140 Å². The number of allylic oxidation sites excluding steroid dienone is 1. The van der Waals surface area contributed by atoms with Crippen molar-refractivity contribution in [2.75, 3.05) is 7.11 Å². The van der Waals surface area contributed by atoms with Crippen LogP contribution >= 0.6 is 31.9 Å². The zero-order valence-electron chi connectivity index (χ0n) is 11.7. The summed E-state index contributed by atoms with van der Waals surface area (Å²) in [5.74, 6) is -0.238. The maximum absolute atomic E-state index is 11.5. The molecule has 0 saturated carbocycles. The summed E-state index contributed by atoms with van der Waals surface area (Å²) in [6.45, 7) is 5.32. The summed E-state index contributed by atoms with van der Waals surface area (Å²) in [4.78, 5) is 11.5. The molecule has 6 heteroatoms. The predicted molar refractivity (Wildman–Crippen MR) is 88.6 cm³/mol. The summed E-state index contributed by atoms with van der Waals surface area (Å²) in [5.41, 5.74) is 0.0704. The van der Waals surface area contributed by atoms with Crippen molar-refractivity contribution in [3.8, 4) is 5.75 Å². The first-order valence-corrected chi connectivity index (χ1v) is 7.67. The van der Waals surface area contributed by atoms with Gasteiger partial charge in [-0.25, -0.2) is 4.79 Å². The van der Waals surface area contributed by atoms with E-state index in [1.807, 2.05) is 12.1 Å². The largest absolute Gasteiger partial charge is 0.478 e. The van der Waals surface area contributed by atoms with Crippen molar-refractivity contribution in [3.05, 3.63) is 51.1 Å². The Morgan fingerprint density at radius 1 is 1.38 bits per heavy atom. The Kier molecular flexibility index (Phi) is 7.14. The first-order chi connectivity index (χ1) is 9.85. The Morgan fingerprint density at radius 2 is 1.95 bits per heavy atom. The van der Waals surface area contributed by atoms with Gasteiger partial charge in [0.2, 0.25) is 0 Å². The van der Waals surface area contributed by atoms with Gasteiger partial charge in [0.1, 0.15) is 17.1 Å². The van der Waals surface area contributed by atoms with E-state index in [1.165, 1.54) is 7.11 Å². The molecule has 4 nitrogen and oxygen atoms in total. The first-order valence-electron chi connectivity index (χ1n) is 6.08. The molecule has 1 aromatic rings. The van der Waals surface area contributed by atoms with Crippen molar-refractivity contribution in [1.29, 1.82) is 0 Å². The Hall–Kier alpha value is -1.11. The maximum Gasteiger partial charge on any atom is 0.337 e. The third-order valence-electron chi connectivity index (χ3n) is 2.71. The number of carboxylic acids is 1. The van der Waals surface area contributed by atoms with E-state index in [0.717, 1.165) is 4.47 Å². The van der Waals surface area contributed by atoms with E-state index in [-0.39, 0.29) is 11.3 Å². The fraction of sp³-hybridized carbons (Fsp3) is 0.267. The molecule has 0 amide bonds. The average Bonchev–Trinajstić information content (AvgIpc) is 2.39. The van der Waals surface area contributed by atoms with Crippen molar-refractivity contribution >= 4 is 37.8 Å². The molecule has 0 spiro atoms. The van der Waals surface area contributed by atoms with Crippen LogP contribution in [0, 0.1) is 0 Å². The van der Waals surface area contributed by atoms with Gasteiger partial charge < -0.3 is 14.6 Å². The molecule has 0 aliphatic rings. The SMILES string of the molecule is C=C(Br)CC(OC)C(C(=O)O)=C(C)Oc1ccc(Br)cc1. The normalized spacial score (nSPS) is 13.3. The van der Waals surface area contributed by atoms with E-state index in [1.54, 1.807) is 19.1 Å². The van der Waals surface area contributed by atoms with Gasteiger partial charge in [-0.3, -0.25) is 0 Å². The van der Waals surface area contributed by atoms with Gasteiger partial charge in [0, 0.05) is 18.0 Å². The molecule has 1 N–H and O–H groups in total. The standard InChI is InChI=1S/C15H16Br2O4/c1-9(16)8-13(20-3)14(15(18)19)10(2)21-12-6-4-11(17)5-7-12/h4-7,13H,1,8H2,2-3H3,(H,18,19). The number of rotatable bonds is 7. The molecule has 0 heterocycles. The van der Waals surface area contributed by atoms with E-state index in [4.69, 9.17) is 9.47 Å². The highest BCUT2D eigenvalue weighted by molar-refractivity contribution is 9.11. The quantitative estimate of drug-likeness (QED) is 0.522. The van der Waals surface area contributed by atoms with Crippen molar-refractivity contribution < 1.29 is 19.4 Å². The molecule has 1 rings (SSSR count). The number of hydrogen-bond acceptors (Lipinski definition) is 3. The molecule has 0 radical (unpaired) electrons. The molecule has 0 aromatic heterocycles. The summed E-state index contributed by atoms with van der Waals surface area (Å²) < 4.78 is 12.4. The van der Waals surface area contributed by atoms with Crippen molar-refractivity contribution in [2.45, 2.75) is 19.4 Å². The first kappa shape index (κ1) is 17.9. The highest BCUT2D eigenvalue weighted by atomic mass is 79.9. The van der Waals surface area contributed by atoms with Crippen LogP contribution in [0.2, 0.25) is 0 Å². The van der Waals surface area contributed by atoms with Gasteiger partial charge in [0.15, 0.2) is 0 Å². The minimum Gasteiger partial charge on any atom is -0.478 e. The second kappa shape index (κ2) is 8.36. The second-order valence-electron chi connectivity index (χ2n) is 4.28. The molecule has 21 heavy (non-hydrogen) atoms. The highest BCUT2D eigenvalue weighted by Crippen LogP contribution is 2.24. The Balaban J connectivity index is 3.07. The molecule has 1 atom stereocenters. The topological polar surface area (TPSA) is 55.8 Å². The summed E-state index contributed by atoms with van der Waals surface area (Å²) in [7, 11) is 1.45. The third kappa shape index (κ3) is 5.65. The lowest BCUT2D eigenvalue weighted by atomic mass is 10.1. The number of carbonyl (C=O) groups is 1. The average molecular weight is 420 g/mol. The minimum absolute atomic E-state index is 0.0704. The number of halogens is 2. The lowest BCUT2D eigenvalue weighted by Crippen LogP contribution is -2.23. The fourth-order valence-corrected chi connectivity index (χ4v) is 2.31. The number of methoxy groups -OCH3 is 1. The van der Waals surface area contributed by atoms with Gasteiger partial charge in [-0.1, -0.05) is 38.4 Å². The van der Waals surface area contributed by atoms with Gasteiger partial charge in [-0.2, -0.15) is 0 Å². The predicted octanol–water partition coefficient (Wildman–Crippen LogP) is 4.50. The zero-order chi connectivity index (χ0) is 16.0. The molecular weight excluding hydrogens is 404 g/mol. The van der Waals surface area contributed by atoms with E-state index < -0.39 is 12.1 Å². The third-order valence-corrected chi connectivity index (χ3v) is 3.56. The smallest absolute Gasteiger partial charge is 0.337 e. The molecule has 114 valence electrons. The number of ether oxygens (including phenoxy) is 2. The van der Waals surface area contributed by atoms with E-state index in [0.29, 0.717) is 16.7 Å². The zero-order valence-corrected chi connectivity index (χ0v) is 14.9. The summed E-state index contributed by atoms with van der Waals surface area (Å²) >= 11 is 6.55. The highest BCUT2D eigenvalue weighted by Gasteiger charge is 2.24. The second-order valence-corrected chi connectivity index (χ2v) is 6.31. The molecule has 0 bridgehead atoms. The van der Waals surface area contributed by atoms with Crippen molar-refractivity contribution in [3.63, 3.8) is 0 Å². The van der Waals surface area contributed by atoms with Crippen LogP contribution in [0.15, 0.2) is 51.1 Å². The van der Waals surface area contributed by atoms with Crippen molar-refractivity contribution in [2.24, 2.45) is 0 Å². The van der Waals surface area contributed by atoms with Crippen LogP contribution in [-0.2, 0) is 9.53 Å². The lowest BCUT2D eigenvalue weighted by Gasteiger charge is -2.18. The number of benzene rings is 1. The molecule has 1 aromatic carbocycles.